The van der Waals surface area contributed by atoms with Crippen LogP contribution in [0.3, 0.4) is 0 Å². The van der Waals surface area contributed by atoms with Crippen molar-refractivity contribution < 1.29 is 9.59 Å². The van der Waals surface area contributed by atoms with Crippen molar-refractivity contribution in [3.63, 3.8) is 0 Å². The Labute approximate surface area is 121 Å². The number of halogens is 1. The molecule has 0 unspecified atom stereocenters. The fraction of sp³-hybridized carbons (Fsp3) is 0.0667. The van der Waals surface area contributed by atoms with Gasteiger partial charge in [-0.05, 0) is 42.5 Å². The van der Waals surface area contributed by atoms with Gasteiger partial charge in [-0.1, -0.05) is 11.6 Å². The number of nitrogens with two attached hydrogens (primary N) is 1. The number of carbonyl (C=O) groups is 2. The van der Waals surface area contributed by atoms with Gasteiger partial charge in [0.25, 0.3) is 0 Å². The Balaban J connectivity index is 2.27. The maximum Gasteiger partial charge on any atom is 0.221 e. The first-order valence-electron chi connectivity index (χ1n) is 5.95. The van der Waals surface area contributed by atoms with Gasteiger partial charge in [0.2, 0.25) is 5.91 Å². The number of amides is 1. The van der Waals surface area contributed by atoms with Crippen LogP contribution in [0.15, 0.2) is 42.5 Å². The summed E-state index contributed by atoms with van der Waals surface area (Å²) in [6.45, 7) is 1.42. The van der Waals surface area contributed by atoms with Gasteiger partial charge in [0.05, 0.1) is 0 Å². The van der Waals surface area contributed by atoms with Crippen LogP contribution in [0.2, 0.25) is 5.02 Å². The van der Waals surface area contributed by atoms with E-state index >= 15 is 0 Å². The Morgan fingerprint density at radius 1 is 1.10 bits per heavy atom. The van der Waals surface area contributed by atoms with Crippen LogP contribution in [0.25, 0.3) is 0 Å². The highest BCUT2D eigenvalue weighted by Crippen LogP contribution is 2.21. The molecule has 0 saturated heterocycles. The van der Waals surface area contributed by atoms with Crippen molar-refractivity contribution in [2.75, 3.05) is 11.1 Å². The second-order valence-corrected chi connectivity index (χ2v) is 4.76. The second-order valence-electron chi connectivity index (χ2n) is 4.32. The minimum absolute atomic E-state index is 0.161. The molecule has 0 aliphatic rings. The summed E-state index contributed by atoms with van der Waals surface area (Å²) in [5.74, 6) is -0.348. The first-order chi connectivity index (χ1) is 9.47. The SMILES string of the molecule is CC(=O)Nc1ccc(C(=O)c2ccc(Cl)cc2N)cc1. The first-order valence-corrected chi connectivity index (χ1v) is 6.32. The van der Waals surface area contributed by atoms with E-state index in [0.717, 1.165) is 0 Å². The summed E-state index contributed by atoms with van der Waals surface area (Å²) in [5.41, 5.74) is 7.67. The Morgan fingerprint density at radius 3 is 2.30 bits per heavy atom. The van der Waals surface area contributed by atoms with Crippen molar-refractivity contribution in [3.8, 4) is 0 Å². The summed E-state index contributed by atoms with van der Waals surface area (Å²) in [6, 6.07) is 11.4. The van der Waals surface area contributed by atoms with Crippen molar-refractivity contribution in [3.05, 3.63) is 58.6 Å². The van der Waals surface area contributed by atoms with Crippen molar-refractivity contribution in [2.45, 2.75) is 6.92 Å². The van der Waals surface area contributed by atoms with E-state index in [1.54, 1.807) is 42.5 Å². The summed E-state index contributed by atoms with van der Waals surface area (Å²) < 4.78 is 0. The molecule has 4 nitrogen and oxygen atoms in total. The van der Waals surface area contributed by atoms with E-state index in [1.165, 1.54) is 6.92 Å². The molecular formula is C15H13ClN2O2. The third-order valence-corrected chi connectivity index (χ3v) is 2.96. The van der Waals surface area contributed by atoms with Gasteiger partial charge in [-0.15, -0.1) is 0 Å². The van der Waals surface area contributed by atoms with Gasteiger partial charge >= 0.3 is 0 Å². The zero-order valence-electron chi connectivity index (χ0n) is 10.8. The number of hydrogen-bond donors (Lipinski definition) is 2. The van der Waals surface area contributed by atoms with E-state index < -0.39 is 0 Å². The fourth-order valence-electron chi connectivity index (χ4n) is 1.80. The number of nitrogen functional groups attached to an aromatic ring is 1. The van der Waals surface area contributed by atoms with Gasteiger partial charge < -0.3 is 11.1 Å². The molecule has 0 radical (unpaired) electrons. The van der Waals surface area contributed by atoms with E-state index in [2.05, 4.69) is 5.32 Å². The average Bonchev–Trinajstić information content (AvgIpc) is 2.38. The molecule has 3 N–H and O–H groups in total. The van der Waals surface area contributed by atoms with Crippen LogP contribution < -0.4 is 11.1 Å². The van der Waals surface area contributed by atoms with Crippen LogP contribution in [-0.4, -0.2) is 11.7 Å². The Morgan fingerprint density at radius 2 is 1.75 bits per heavy atom. The molecule has 20 heavy (non-hydrogen) atoms. The van der Waals surface area contributed by atoms with Gasteiger partial charge in [-0.2, -0.15) is 0 Å². The molecule has 0 bridgehead atoms. The summed E-state index contributed by atoms with van der Waals surface area (Å²) in [7, 11) is 0. The molecule has 0 atom stereocenters. The third kappa shape index (κ3) is 3.16. The van der Waals surface area contributed by atoms with E-state index in [1.807, 2.05) is 0 Å². The quantitative estimate of drug-likeness (QED) is 0.673. The number of benzene rings is 2. The lowest BCUT2D eigenvalue weighted by molar-refractivity contribution is -0.114. The molecule has 2 aromatic rings. The van der Waals surface area contributed by atoms with Gasteiger partial charge in [0.1, 0.15) is 0 Å². The summed E-state index contributed by atoms with van der Waals surface area (Å²) in [6.07, 6.45) is 0. The molecule has 0 saturated carbocycles. The van der Waals surface area contributed by atoms with Crippen molar-refractivity contribution in [1.29, 1.82) is 0 Å². The number of ketones is 1. The largest absolute Gasteiger partial charge is 0.398 e. The van der Waals surface area contributed by atoms with Crippen LogP contribution in [0.1, 0.15) is 22.8 Å². The normalized spacial score (nSPS) is 10.1. The third-order valence-electron chi connectivity index (χ3n) is 2.73. The molecular weight excluding hydrogens is 276 g/mol. The predicted molar refractivity (Wildman–Crippen MR) is 80.0 cm³/mol. The number of hydrogen-bond acceptors (Lipinski definition) is 3. The topological polar surface area (TPSA) is 72.2 Å². The maximum absolute atomic E-state index is 12.3. The van der Waals surface area contributed by atoms with Crippen LogP contribution in [0, 0.1) is 0 Å². The van der Waals surface area contributed by atoms with Crippen molar-refractivity contribution in [1.82, 2.24) is 0 Å². The zero-order chi connectivity index (χ0) is 14.7. The summed E-state index contributed by atoms with van der Waals surface area (Å²) in [5, 5.41) is 3.12. The van der Waals surface area contributed by atoms with E-state index in [4.69, 9.17) is 17.3 Å². The molecule has 0 spiro atoms. The Kier molecular flexibility index (Phi) is 4.05. The van der Waals surface area contributed by atoms with Crippen LogP contribution >= 0.6 is 11.6 Å². The molecule has 2 rings (SSSR count). The van der Waals surface area contributed by atoms with Crippen LogP contribution in [0.5, 0.6) is 0 Å². The van der Waals surface area contributed by atoms with E-state index in [9.17, 15) is 9.59 Å². The molecule has 0 aliphatic heterocycles. The van der Waals surface area contributed by atoms with Gasteiger partial charge in [-0.3, -0.25) is 9.59 Å². The highest BCUT2D eigenvalue weighted by atomic mass is 35.5. The fourth-order valence-corrected chi connectivity index (χ4v) is 1.98. The Bertz CT molecular complexity index is 666. The monoisotopic (exact) mass is 288 g/mol. The Hall–Kier alpha value is -2.33. The summed E-state index contributed by atoms with van der Waals surface area (Å²) in [4.78, 5) is 23.2. The highest BCUT2D eigenvalue weighted by Gasteiger charge is 2.12. The zero-order valence-corrected chi connectivity index (χ0v) is 11.6. The van der Waals surface area contributed by atoms with E-state index in [-0.39, 0.29) is 11.7 Å². The van der Waals surface area contributed by atoms with Crippen molar-refractivity contribution >= 4 is 34.7 Å². The van der Waals surface area contributed by atoms with Crippen molar-refractivity contribution in [2.24, 2.45) is 0 Å². The lowest BCUT2D eigenvalue weighted by atomic mass is 10.0. The first kappa shape index (κ1) is 14.1. The number of nitrogens with one attached hydrogen (secondary N) is 1. The number of carbonyl (C=O) groups excluding carboxylic acids is 2. The lowest BCUT2D eigenvalue weighted by Crippen LogP contribution is -2.07. The lowest BCUT2D eigenvalue weighted by Gasteiger charge is -2.07. The molecule has 0 aliphatic carbocycles. The standard InChI is InChI=1S/C15H13ClN2O2/c1-9(19)18-12-5-2-10(3-6-12)15(20)13-7-4-11(16)8-14(13)17/h2-8H,17H2,1H3,(H,18,19). The molecule has 5 heteroatoms. The number of rotatable bonds is 3. The average molecular weight is 289 g/mol. The minimum atomic E-state index is -0.187. The molecule has 1 amide bonds. The minimum Gasteiger partial charge on any atom is -0.398 e. The smallest absolute Gasteiger partial charge is 0.221 e. The van der Waals surface area contributed by atoms with Crippen LogP contribution in [-0.2, 0) is 4.79 Å². The molecule has 2 aromatic carbocycles. The van der Waals surface area contributed by atoms with Gasteiger partial charge in [0, 0.05) is 34.4 Å². The van der Waals surface area contributed by atoms with Gasteiger partial charge in [0.15, 0.2) is 5.78 Å². The number of anilines is 2. The second kappa shape index (κ2) is 5.75. The molecule has 0 heterocycles. The maximum atomic E-state index is 12.3. The summed E-state index contributed by atoms with van der Waals surface area (Å²) >= 11 is 5.81. The molecule has 102 valence electrons. The molecule has 0 aromatic heterocycles. The highest BCUT2D eigenvalue weighted by molar-refractivity contribution is 6.31. The predicted octanol–water partition coefficient (Wildman–Crippen LogP) is 3.11. The van der Waals surface area contributed by atoms with Gasteiger partial charge in [-0.25, -0.2) is 0 Å². The van der Waals surface area contributed by atoms with Crippen LogP contribution in [0.4, 0.5) is 11.4 Å². The van der Waals surface area contributed by atoms with E-state index in [0.29, 0.717) is 27.5 Å². The molecule has 0 fully saturated rings.